The number of nitrogen functional groups attached to an aromatic ring is 1. The molecule has 0 fully saturated rings. The van der Waals surface area contributed by atoms with Crippen LogP contribution in [0.4, 0.5) is 5.95 Å². The Hall–Kier alpha value is -0.860. The zero-order valence-corrected chi connectivity index (χ0v) is 11.0. The molecular weight excluding hydrogens is 296 g/mol. The number of nitrogens with zero attached hydrogens (tertiary/aromatic N) is 2. The fraction of sp³-hybridized carbons (Fsp3) is 0.375. The molecule has 0 bridgehead atoms. The molecule has 1 aromatic rings. The van der Waals surface area contributed by atoms with Gasteiger partial charge in [-0.2, -0.15) is 0 Å². The number of rotatable bonds is 5. The second-order valence-corrected chi connectivity index (χ2v) is 4.40. The van der Waals surface area contributed by atoms with E-state index < -0.39 is 0 Å². The van der Waals surface area contributed by atoms with Crippen molar-refractivity contribution in [3.05, 3.63) is 10.7 Å². The number of nitrogens with one attached hydrogen (secondary N) is 1. The molecule has 8 heteroatoms. The molecule has 0 atom stereocenters. The van der Waals surface area contributed by atoms with Crippen molar-refractivity contribution < 1.29 is 9.53 Å². The molecule has 0 aromatic carbocycles. The normalized spacial score (nSPS) is 9.94. The molecule has 0 spiro atoms. The molecule has 0 aliphatic rings. The van der Waals surface area contributed by atoms with Gasteiger partial charge in [-0.3, -0.25) is 10.2 Å². The van der Waals surface area contributed by atoms with Crippen molar-refractivity contribution in [3.8, 4) is 0 Å². The molecule has 1 aromatic heterocycles. The zero-order chi connectivity index (χ0) is 12.0. The highest BCUT2D eigenvalue weighted by atomic mass is 79.9. The Morgan fingerprint density at radius 2 is 2.50 bits per heavy atom. The minimum absolute atomic E-state index is 0.202. The molecular formula is C8H11BrN4O2S. The first-order valence-electron chi connectivity index (χ1n) is 4.45. The highest BCUT2D eigenvalue weighted by Gasteiger charge is 2.08. The summed E-state index contributed by atoms with van der Waals surface area (Å²) in [6.45, 7) is 2.14. The molecule has 88 valence electrons. The van der Waals surface area contributed by atoms with E-state index in [-0.39, 0.29) is 11.7 Å². The van der Waals surface area contributed by atoms with E-state index in [1.807, 2.05) is 0 Å². The van der Waals surface area contributed by atoms with Crippen molar-refractivity contribution in [1.82, 2.24) is 9.97 Å². The molecule has 0 saturated carbocycles. The smallest absolute Gasteiger partial charge is 0.316 e. The van der Waals surface area contributed by atoms with Crippen molar-refractivity contribution >= 4 is 39.6 Å². The Morgan fingerprint density at radius 3 is 3.12 bits per heavy atom. The minimum atomic E-state index is -0.278. The van der Waals surface area contributed by atoms with Gasteiger partial charge in [-0.1, -0.05) is 11.8 Å². The van der Waals surface area contributed by atoms with E-state index in [1.54, 1.807) is 13.1 Å². The topological polar surface area (TPSA) is 90.1 Å². The van der Waals surface area contributed by atoms with Crippen molar-refractivity contribution in [2.24, 2.45) is 5.84 Å². The highest BCUT2D eigenvalue weighted by molar-refractivity contribution is 9.10. The molecule has 0 unspecified atom stereocenters. The fourth-order valence-electron chi connectivity index (χ4n) is 0.852. The van der Waals surface area contributed by atoms with Crippen molar-refractivity contribution in [2.45, 2.75) is 11.9 Å². The Balaban J connectivity index is 2.62. The van der Waals surface area contributed by atoms with Crippen molar-refractivity contribution in [2.75, 3.05) is 17.8 Å². The summed E-state index contributed by atoms with van der Waals surface area (Å²) in [6, 6.07) is 0. The Morgan fingerprint density at radius 1 is 1.75 bits per heavy atom. The molecule has 0 aliphatic carbocycles. The predicted octanol–water partition coefficient (Wildman–Crippen LogP) is 1.18. The van der Waals surface area contributed by atoms with Crippen LogP contribution in [0.5, 0.6) is 0 Å². The molecule has 0 aliphatic heterocycles. The van der Waals surface area contributed by atoms with E-state index in [1.165, 1.54) is 11.8 Å². The van der Waals surface area contributed by atoms with Crippen LogP contribution < -0.4 is 11.3 Å². The number of esters is 1. The maximum absolute atomic E-state index is 11.1. The lowest BCUT2D eigenvalue weighted by molar-refractivity contribution is -0.139. The summed E-state index contributed by atoms with van der Waals surface area (Å²) in [4.78, 5) is 19.1. The maximum Gasteiger partial charge on any atom is 0.316 e. The van der Waals surface area contributed by atoms with Gasteiger partial charge in [0.15, 0.2) is 0 Å². The quantitative estimate of drug-likeness (QED) is 0.277. The monoisotopic (exact) mass is 306 g/mol. The van der Waals surface area contributed by atoms with Crippen LogP contribution in [0.2, 0.25) is 0 Å². The summed E-state index contributed by atoms with van der Waals surface area (Å²) in [6.07, 6.45) is 1.57. The van der Waals surface area contributed by atoms with Gasteiger partial charge in [0.2, 0.25) is 5.95 Å². The van der Waals surface area contributed by atoms with E-state index in [4.69, 9.17) is 10.6 Å². The van der Waals surface area contributed by atoms with E-state index in [2.05, 4.69) is 31.3 Å². The lowest BCUT2D eigenvalue weighted by Gasteiger charge is -2.05. The maximum atomic E-state index is 11.1. The van der Waals surface area contributed by atoms with Crippen LogP contribution in [0.15, 0.2) is 15.7 Å². The summed E-state index contributed by atoms with van der Waals surface area (Å²) in [5, 5.41) is 0.635. The van der Waals surface area contributed by atoms with Gasteiger partial charge in [-0.15, -0.1) is 0 Å². The Bertz CT molecular complexity index is 377. The lowest BCUT2D eigenvalue weighted by Crippen LogP contribution is -2.11. The molecule has 16 heavy (non-hydrogen) atoms. The largest absolute Gasteiger partial charge is 0.465 e. The van der Waals surface area contributed by atoms with Gasteiger partial charge < -0.3 is 4.74 Å². The Labute approximate surface area is 105 Å². The van der Waals surface area contributed by atoms with E-state index in [0.717, 1.165) is 0 Å². The average molecular weight is 307 g/mol. The van der Waals surface area contributed by atoms with E-state index >= 15 is 0 Å². The third-order valence-corrected chi connectivity index (χ3v) is 3.28. The second-order valence-electron chi connectivity index (χ2n) is 2.58. The highest BCUT2D eigenvalue weighted by Crippen LogP contribution is 2.25. The zero-order valence-electron chi connectivity index (χ0n) is 8.57. The number of aromatic nitrogens is 2. The molecule has 0 amide bonds. The van der Waals surface area contributed by atoms with Crippen LogP contribution in [0.25, 0.3) is 0 Å². The van der Waals surface area contributed by atoms with Gasteiger partial charge in [-0.05, 0) is 22.9 Å². The number of hydrogen-bond donors (Lipinski definition) is 2. The summed E-state index contributed by atoms with van der Waals surface area (Å²) in [5.74, 6) is 5.41. The number of ether oxygens (including phenoxy) is 1. The average Bonchev–Trinajstić information content (AvgIpc) is 2.28. The van der Waals surface area contributed by atoms with Gasteiger partial charge in [0, 0.05) is 6.20 Å². The molecule has 3 N–H and O–H groups in total. The Kier molecular flexibility index (Phi) is 5.50. The summed E-state index contributed by atoms with van der Waals surface area (Å²) in [5.41, 5.74) is 2.33. The number of thioether (sulfide) groups is 1. The number of halogens is 1. The molecule has 6 nitrogen and oxygen atoms in total. The summed E-state index contributed by atoms with van der Waals surface area (Å²) >= 11 is 4.54. The lowest BCUT2D eigenvalue weighted by atomic mass is 10.7. The van der Waals surface area contributed by atoms with Crippen LogP contribution in [0, 0.1) is 0 Å². The standard InChI is InChI=1S/C8H11BrN4O2S/c1-2-15-6(14)4-16-7-5(9)3-11-8(12-7)13-10/h3H,2,4,10H2,1H3,(H,11,12,13). The third-order valence-electron chi connectivity index (χ3n) is 1.47. The summed E-state index contributed by atoms with van der Waals surface area (Å²) in [7, 11) is 0. The number of anilines is 1. The van der Waals surface area contributed by atoms with Crippen LogP contribution >= 0.6 is 27.7 Å². The minimum Gasteiger partial charge on any atom is -0.465 e. The predicted molar refractivity (Wildman–Crippen MR) is 64.9 cm³/mol. The third kappa shape index (κ3) is 3.95. The number of nitrogens with two attached hydrogens (primary N) is 1. The number of carbonyl (C=O) groups excluding carboxylic acids is 1. The number of carbonyl (C=O) groups is 1. The van der Waals surface area contributed by atoms with Crippen LogP contribution in [0.1, 0.15) is 6.92 Å². The van der Waals surface area contributed by atoms with Crippen LogP contribution in [-0.4, -0.2) is 28.3 Å². The van der Waals surface area contributed by atoms with Crippen LogP contribution in [-0.2, 0) is 9.53 Å². The van der Waals surface area contributed by atoms with Gasteiger partial charge in [0.1, 0.15) is 5.03 Å². The van der Waals surface area contributed by atoms with Gasteiger partial charge in [-0.25, -0.2) is 15.8 Å². The van der Waals surface area contributed by atoms with E-state index in [9.17, 15) is 4.79 Å². The molecule has 0 saturated heterocycles. The fourth-order valence-corrected chi connectivity index (χ4v) is 2.07. The van der Waals surface area contributed by atoms with Gasteiger partial charge in [0.05, 0.1) is 16.8 Å². The number of hydrazine groups is 1. The SMILES string of the molecule is CCOC(=O)CSc1nc(NN)ncc1Br. The molecule has 1 rings (SSSR count). The first-order chi connectivity index (χ1) is 7.67. The first-order valence-corrected chi connectivity index (χ1v) is 6.22. The van der Waals surface area contributed by atoms with Gasteiger partial charge >= 0.3 is 5.97 Å². The van der Waals surface area contributed by atoms with Crippen molar-refractivity contribution in [1.29, 1.82) is 0 Å². The second kappa shape index (κ2) is 6.66. The van der Waals surface area contributed by atoms with E-state index in [0.29, 0.717) is 22.1 Å². The molecule has 0 radical (unpaired) electrons. The summed E-state index contributed by atoms with van der Waals surface area (Å²) < 4.78 is 5.51. The molecule has 1 heterocycles. The van der Waals surface area contributed by atoms with Crippen molar-refractivity contribution in [3.63, 3.8) is 0 Å². The number of hydrogen-bond acceptors (Lipinski definition) is 7. The van der Waals surface area contributed by atoms with Gasteiger partial charge in [0.25, 0.3) is 0 Å². The van der Waals surface area contributed by atoms with Crippen LogP contribution in [0.3, 0.4) is 0 Å². The first kappa shape index (κ1) is 13.2.